The van der Waals surface area contributed by atoms with Crippen LogP contribution in [0.1, 0.15) is 34.0 Å². The van der Waals surface area contributed by atoms with Gasteiger partial charge in [0.05, 0.1) is 16.7 Å². The number of likely N-dealkylation sites (N-methyl/N-ethyl adjacent to an activating group) is 1. The molecule has 0 radical (unpaired) electrons. The Morgan fingerprint density at radius 2 is 2.17 bits per heavy atom. The van der Waals surface area contributed by atoms with Crippen molar-refractivity contribution in [1.29, 1.82) is 0 Å². The van der Waals surface area contributed by atoms with E-state index in [4.69, 9.17) is 9.26 Å². The lowest BCUT2D eigenvalue weighted by Crippen LogP contribution is -2.44. The number of aromatic nitrogens is 3. The van der Waals surface area contributed by atoms with Gasteiger partial charge in [-0.05, 0) is 26.1 Å². The van der Waals surface area contributed by atoms with Crippen LogP contribution in [0.4, 0.5) is 0 Å². The van der Waals surface area contributed by atoms with Gasteiger partial charge < -0.3 is 14.6 Å². The van der Waals surface area contributed by atoms with E-state index in [1.54, 1.807) is 11.3 Å². The summed E-state index contributed by atoms with van der Waals surface area (Å²) in [6.07, 6.45) is 3.75. The summed E-state index contributed by atoms with van der Waals surface area (Å²) in [5, 5.41) is 10.6. The van der Waals surface area contributed by atoms with Crippen LogP contribution in [-0.4, -0.2) is 46.7 Å². The molecule has 1 aromatic carbocycles. The minimum absolute atomic E-state index is 0. The second-order valence-corrected chi connectivity index (χ2v) is 7.77. The minimum atomic E-state index is 0. The second kappa shape index (κ2) is 9.98. The van der Waals surface area contributed by atoms with Crippen LogP contribution in [0.15, 0.2) is 34.2 Å². The van der Waals surface area contributed by atoms with Crippen molar-refractivity contribution >= 4 is 35.9 Å². The number of rotatable bonds is 6. The molecule has 0 amide bonds. The third-order valence-electron chi connectivity index (χ3n) is 4.63. The Bertz CT molecular complexity index is 958. The maximum atomic E-state index is 5.95. The summed E-state index contributed by atoms with van der Waals surface area (Å²) in [6.45, 7) is 5.21. The number of ether oxygens (including phenoxy) is 1. The van der Waals surface area contributed by atoms with Gasteiger partial charge in [-0.3, -0.25) is 4.90 Å². The lowest BCUT2D eigenvalue weighted by atomic mass is 10.2. The molecule has 0 spiro atoms. The van der Waals surface area contributed by atoms with E-state index in [0.717, 1.165) is 41.6 Å². The highest BCUT2D eigenvalue weighted by Crippen LogP contribution is 2.23. The first-order chi connectivity index (χ1) is 13.7. The molecule has 0 aliphatic carbocycles. The van der Waals surface area contributed by atoms with Crippen LogP contribution in [0.25, 0.3) is 12.2 Å². The van der Waals surface area contributed by atoms with Crippen LogP contribution in [0, 0.1) is 6.92 Å². The first-order valence-electron chi connectivity index (χ1n) is 9.24. The van der Waals surface area contributed by atoms with Crippen molar-refractivity contribution in [3.8, 4) is 5.75 Å². The maximum Gasteiger partial charge on any atom is 0.250 e. The van der Waals surface area contributed by atoms with E-state index in [0.29, 0.717) is 18.3 Å². The Balaban J connectivity index is 0.00000240. The molecule has 1 N–H and O–H groups in total. The number of thiazole rings is 1. The highest BCUT2D eigenvalue weighted by molar-refractivity contribution is 7.09. The Morgan fingerprint density at radius 1 is 1.31 bits per heavy atom. The lowest BCUT2D eigenvalue weighted by molar-refractivity contribution is 0.190. The van der Waals surface area contributed by atoms with E-state index in [1.165, 1.54) is 0 Å². The summed E-state index contributed by atoms with van der Waals surface area (Å²) in [7, 11) is 2.08. The summed E-state index contributed by atoms with van der Waals surface area (Å²) in [5.41, 5.74) is 1.89. The monoisotopic (exact) mass is 433 g/mol. The van der Waals surface area contributed by atoms with Crippen LogP contribution in [0.3, 0.4) is 0 Å². The van der Waals surface area contributed by atoms with E-state index in [2.05, 4.69) is 32.4 Å². The first-order valence-corrected chi connectivity index (χ1v) is 10.1. The average molecular weight is 434 g/mol. The summed E-state index contributed by atoms with van der Waals surface area (Å²) in [4.78, 5) is 11.2. The predicted molar refractivity (Wildman–Crippen MR) is 116 cm³/mol. The minimum Gasteiger partial charge on any atom is -0.487 e. The number of aryl methyl sites for hydroxylation is 1. The average Bonchev–Trinajstić information content (AvgIpc) is 3.35. The van der Waals surface area contributed by atoms with Crippen LogP contribution >= 0.6 is 23.7 Å². The third-order valence-corrected chi connectivity index (χ3v) is 5.46. The summed E-state index contributed by atoms with van der Waals surface area (Å²) in [5.74, 6) is 1.98. The molecule has 4 rings (SSSR count). The maximum absolute atomic E-state index is 5.95. The molecule has 1 fully saturated rings. The van der Waals surface area contributed by atoms with E-state index in [1.807, 2.05) is 48.7 Å². The van der Waals surface area contributed by atoms with Gasteiger partial charge in [0.15, 0.2) is 5.82 Å². The quantitative estimate of drug-likeness (QED) is 0.636. The number of benzene rings is 1. The zero-order valence-corrected chi connectivity index (χ0v) is 18.0. The molecule has 2 aromatic heterocycles. The fraction of sp³-hybridized carbons (Fsp3) is 0.350. The molecule has 0 saturated carbocycles. The molecule has 0 bridgehead atoms. The van der Waals surface area contributed by atoms with Crippen molar-refractivity contribution in [2.24, 2.45) is 0 Å². The highest BCUT2D eigenvalue weighted by atomic mass is 35.5. The molecule has 7 nitrogen and oxygen atoms in total. The molecule has 1 unspecified atom stereocenters. The largest absolute Gasteiger partial charge is 0.487 e. The molecule has 3 heterocycles. The second-order valence-electron chi connectivity index (χ2n) is 6.71. The zero-order valence-electron chi connectivity index (χ0n) is 16.4. The van der Waals surface area contributed by atoms with Gasteiger partial charge in [-0.15, -0.1) is 23.7 Å². The molecule has 9 heteroatoms. The van der Waals surface area contributed by atoms with Crippen LogP contribution in [-0.2, 0) is 6.61 Å². The van der Waals surface area contributed by atoms with Crippen molar-refractivity contribution in [2.45, 2.75) is 19.6 Å². The van der Waals surface area contributed by atoms with Gasteiger partial charge in [-0.1, -0.05) is 23.4 Å². The first kappa shape index (κ1) is 21.4. The van der Waals surface area contributed by atoms with Crippen LogP contribution < -0.4 is 10.1 Å². The number of hydrogen-bond acceptors (Lipinski definition) is 8. The fourth-order valence-electron chi connectivity index (χ4n) is 3.08. The van der Waals surface area contributed by atoms with Gasteiger partial charge in [0.25, 0.3) is 5.89 Å². The van der Waals surface area contributed by atoms with E-state index in [9.17, 15) is 0 Å². The zero-order chi connectivity index (χ0) is 19.3. The topological polar surface area (TPSA) is 76.3 Å². The molecule has 1 aliphatic heterocycles. The van der Waals surface area contributed by atoms with Gasteiger partial charge in [0.2, 0.25) is 0 Å². The Morgan fingerprint density at radius 3 is 2.97 bits per heavy atom. The number of para-hydroxylation sites is 1. The Hall–Kier alpha value is -2.26. The van der Waals surface area contributed by atoms with Crippen molar-refractivity contribution in [3.05, 3.63) is 57.6 Å². The van der Waals surface area contributed by atoms with Gasteiger partial charge in [-0.2, -0.15) is 4.98 Å². The summed E-state index contributed by atoms with van der Waals surface area (Å²) < 4.78 is 11.4. The number of nitrogens with zero attached hydrogens (tertiary/aromatic N) is 4. The number of piperazine rings is 1. The molecule has 154 valence electrons. The van der Waals surface area contributed by atoms with Crippen molar-refractivity contribution in [2.75, 3.05) is 26.7 Å². The molecular formula is C20H24ClN5O2S. The van der Waals surface area contributed by atoms with E-state index in [-0.39, 0.29) is 18.4 Å². The Labute approximate surface area is 180 Å². The fourth-order valence-corrected chi connectivity index (χ4v) is 3.68. The smallest absolute Gasteiger partial charge is 0.250 e. The molecule has 1 aliphatic rings. The predicted octanol–water partition coefficient (Wildman–Crippen LogP) is 3.58. The van der Waals surface area contributed by atoms with Gasteiger partial charge in [0.1, 0.15) is 12.4 Å². The number of nitrogens with one attached hydrogen (secondary N) is 1. The molecule has 1 saturated heterocycles. The molecule has 1 atom stereocenters. The summed E-state index contributed by atoms with van der Waals surface area (Å²) >= 11 is 1.62. The molecular weight excluding hydrogens is 410 g/mol. The lowest BCUT2D eigenvalue weighted by Gasteiger charge is -2.30. The third kappa shape index (κ3) is 5.42. The van der Waals surface area contributed by atoms with Crippen molar-refractivity contribution in [3.63, 3.8) is 0 Å². The summed E-state index contributed by atoms with van der Waals surface area (Å²) in [6, 6.07) is 8.00. The van der Waals surface area contributed by atoms with Gasteiger partial charge in [-0.25, -0.2) is 4.98 Å². The van der Waals surface area contributed by atoms with Crippen molar-refractivity contribution in [1.82, 2.24) is 25.3 Å². The SMILES string of the molecule is Cc1nc(COc2ccccc2/C=C/c2nc(C3CNCCN3C)no2)cs1.Cl. The number of hydrogen-bond donors (Lipinski definition) is 1. The van der Waals surface area contributed by atoms with Gasteiger partial charge in [0, 0.05) is 36.7 Å². The normalized spacial score (nSPS) is 17.4. The van der Waals surface area contributed by atoms with Gasteiger partial charge >= 0.3 is 0 Å². The van der Waals surface area contributed by atoms with E-state index < -0.39 is 0 Å². The molecule has 29 heavy (non-hydrogen) atoms. The van der Waals surface area contributed by atoms with Crippen molar-refractivity contribution < 1.29 is 9.26 Å². The standard InChI is InChI=1S/C20H23N5O2S.ClH/c1-14-22-16(13-28-14)12-26-18-6-4-3-5-15(18)7-8-19-23-20(24-27-19)17-11-21-9-10-25(17)2;/h3-8,13,17,21H,9-12H2,1-2H3;1H/b8-7+;. The van der Waals surface area contributed by atoms with E-state index >= 15 is 0 Å². The van der Waals surface area contributed by atoms with Crippen LogP contribution in [0.5, 0.6) is 5.75 Å². The number of halogens is 1. The van der Waals surface area contributed by atoms with Crippen LogP contribution in [0.2, 0.25) is 0 Å². The highest BCUT2D eigenvalue weighted by Gasteiger charge is 2.24. The molecule has 3 aromatic rings. The Kier molecular flexibility index (Phi) is 7.38.